The van der Waals surface area contributed by atoms with Crippen LogP contribution >= 0.6 is 9.24 Å². The minimum atomic E-state index is -1.91. The number of rotatable bonds is 1. The van der Waals surface area contributed by atoms with E-state index in [4.69, 9.17) is 10.5 Å². The Labute approximate surface area is 86.9 Å². The van der Waals surface area contributed by atoms with Crippen LogP contribution in [0, 0.1) is 28.6 Å². The summed E-state index contributed by atoms with van der Waals surface area (Å²) < 4.78 is 39.8. The van der Waals surface area contributed by atoms with Gasteiger partial charge in [0.1, 0.15) is 12.1 Å². The predicted octanol–water partition coefficient (Wildman–Crippen LogP) is 2.67. The van der Waals surface area contributed by atoms with Gasteiger partial charge >= 0.3 is 0 Å². The third-order valence-electron chi connectivity index (χ3n) is 2.08. The number of nitriles is 2. The molecule has 3 unspecified atom stereocenters. The van der Waals surface area contributed by atoms with Gasteiger partial charge in [0, 0.05) is 5.57 Å². The molecule has 0 heterocycles. The second kappa shape index (κ2) is 4.47. The molecule has 2 nitrogen and oxygen atoms in total. The molecule has 0 radical (unpaired) electrons. The highest BCUT2D eigenvalue weighted by Crippen LogP contribution is 2.41. The highest BCUT2D eigenvalue weighted by molar-refractivity contribution is 7.22. The van der Waals surface area contributed by atoms with Gasteiger partial charge in [0.2, 0.25) is 0 Å². The maximum absolute atomic E-state index is 13.4. The number of hydrogen-bond acceptors (Lipinski definition) is 2. The quantitative estimate of drug-likeness (QED) is 0.650. The Bertz CT molecular complexity index is 428. The van der Waals surface area contributed by atoms with Crippen LogP contribution in [0.2, 0.25) is 0 Å². The minimum Gasteiger partial charge on any atom is -0.240 e. The van der Waals surface area contributed by atoms with Gasteiger partial charge in [0.05, 0.1) is 18.6 Å². The Balaban J connectivity index is 3.27. The third kappa shape index (κ3) is 1.89. The molecular weight excluding hydrogens is 224 g/mol. The van der Waals surface area contributed by atoms with Crippen molar-refractivity contribution >= 4 is 9.24 Å². The van der Waals surface area contributed by atoms with Crippen molar-refractivity contribution in [3.05, 3.63) is 22.5 Å². The van der Waals surface area contributed by atoms with Crippen LogP contribution in [0.1, 0.15) is 6.42 Å². The number of hydrogen-bond donors (Lipinski definition) is 0. The molecule has 78 valence electrons. The number of halogens is 3. The average Bonchev–Trinajstić information content (AvgIpc) is 2.23. The lowest BCUT2D eigenvalue weighted by molar-refractivity contribution is 0.298. The molecule has 0 N–H and O–H groups in total. The molecular formula is C9H6F3N2P. The van der Waals surface area contributed by atoms with E-state index in [9.17, 15) is 13.2 Å². The number of allylic oxidation sites excluding steroid dienone is 4. The van der Waals surface area contributed by atoms with Crippen LogP contribution in [0.15, 0.2) is 22.5 Å². The fourth-order valence-corrected chi connectivity index (χ4v) is 1.68. The van der Waals surface area contributed by atoms with Gasteiger partial charge in [0.25, 0.3) is 0 Å². The van der Waals surface area contributed by atoms with Crippen LogP contribution in [0.4, 0.5) is 13.2 Å². The van der Waals surface area contributed by atoms with Gasteiger partial charge in [-0.25, -0.2) is 13.2 Å². The van der Waals surface area contributed by atoms with E-state index in [1.165, 1.54) is 6.07 Å². The molecule has 0 aliphatic heterocycles. The van der Waals surface area contributed by atoms with Crippen LogP contribution < -0.4 is 0 Å². The van der Waals surface area contributed by atoms with Crippen LogP contribution in [0.25, 0.3) is 0 Å². The highest BCUT2D eigenvalue weighted by atomic mass is 31.0. The van der Waals surface area contributed by atoms with Crippen molar-refractivity contribution in [2.75, 3.05) is 0 Å². The normalized spacial score (nSPS) is 26.3. The Hall–Kier alpha value is -1.32. The molecule has 0 aromatic carbocycles. The molecule has 6 heteroatoms. The van der Waals surface area contributed by atoms with Crippen molar-refractivity contribution in [3.63, 3.8) is 0 Å². The molecule has 0 amide bonds. The highest BCUT2D eigenvalue weighted by Gasteiger charge is 2.37. The van der Waals surface area contributed by atoms with E-state index in [1.807, 2.05) is 9.24 Å². The Morgan fingerprint density at radius 3 is 2.40 bits per heavy atom. The van der Waals surface area contributed by atoms with Crippen molar-refractivity contribution in [1.29, 1.82) is 10.5 Å². The zero-order chi connectivity index (χ0) is 11.6. The maximum atomic E-state index is 13.4. The van der Waals surface area contributed by atoms with Gasteiger partial charge in [-0.05, 0) is 5.31 Å². The minimum absolute atomic E-state index is 0.165. The number of nitrogens with zero attached hydrogens (tertiary/aromatic N) is 2. The van der Waals surface area contributed by atoms with E-state index >= 15 is 0 Å². The summed E-state index contributed by atoms with van der Waals surface area (Å²) in [4.78, 5) is 0. The molecule has 1 aliphatic rings. The first-order chi connectivity index (χ1) is 7.04. The third-order valence-corrected chi connectivity index (χ3v) is 2.75. The van der Waals surface area contributed by atoms with E-state index in [0.717, 1.165) is 0 Å². The van der Waals surface area contributed by atoms with Gasteiger partial charge in [-0.3, -0.25) is 0 Å². The molecule has 1 aliphatic carbocycles. The summed E-state index contributed by atoms with van der Waals surface area (Å²) in [6.45, 7) is 0. The van der Waals surface area contributed by atoms with Crippen molar-refractivity contribution in [2.45, 2.75) is 12.6 Å². The maximum Gasteiger partial charge on any atom is 0.160 e. The molecule has 0 saturated carbocycles. The first kappa shape index (κ1) is 11.8. The lowest BCUT2D eigenvalue weighted by Crippen LogP contribution is -2.21. The molecule has 0 fully saturated rings. The van der Waals surface area contributed by atoms with Gasteiger partial charge in [0.15, 0.2) is 11.7 Å². The predicted molar refractivity (Wildman–Crippen MR) is 50.2 cm³/mol. The smallest absolute Gasteiger partial charge is 0.160 e. The van der Waals surface area contributed by atoms with Crippen molar-refractivity contribution in [3.8, 4) is 12.1 Å². The van der Waals surface area contributed by atoms with Gasteiger partial charge in [-0.2, -0.15) is 10.5 Å². The lowest BCUT2D eigenvalue weighted by atomic mass is 9.92. The molecule has 0 aromatic heterocycles. The molecule has 0 saturated heterocycles. The van der Waals surface area contributed by atoms with Gasteiger partial charge in [-0.1, -0.05) is 0 Å². The van der Waals surface area contributed by atoms with Crippen molar-refractivity contribution in [2.24, 2.45) is 5.92 Å². The first-order valence-corrected chi connectivity index (χ1v) is 4.57. The summed E-state index contributed by atoms with van der Waals surface area (Å²) in [5.74, 6) is -4.47. The summed E-state index contributed by atoms with van der Waals surface area (Å²) >= 11 is 0. The van der Waals surface area contributed by atoms with Gasteiger partial charge in [-0.15, -0.1) is 9.24 Å². The lowest BCUT2D eigenvalue weighted by Gasteiger charge is -2.21. The largest absolute Gasteiger partial charge is 0.240 e. The molecule has 0 aromatic rings. The molecule has 1 rings (SSSR count). The zero-order valence-electron chi connectivity index (χ0n) is 7.47. The average molecular weight is 230 g/mol. The second-order valence-electron chi connectivity index (χ2n) is 2.94. The Morgan fingerprint density at radius 1 is 1.33 bits per heavy atom. The first-order valence-electron chi connectivity index (χ1n) is 3.99. The molecule has 0 spiro atoms. The molecule has 0 bridgehead atoms. The summed E-state index contributed by atoms with van der Waals surface area (Å²) in [5.41, 5.74) is -0.320. The molecule has 3 atom stereocenters. The summed E-state index contributed by atoms with van der Waals surface area (Å²) in [7, 11) is 1.91. The summed E-state index contributed by atoms with van der Waals surface area (Å²) in [6, 6.07) is 2.96. The van der Waals surface area contributed by atoms with Gasteiger partial charge < -0.3 is 0 Å². The van der Waals surface area contributed by atoms with Crippen molar-refractivity contribution < 1.29 is 13.2 Å². The molecule has 15 heavy (non-hydrogen) atoms. The fraction of sp³-hybridized carbons (Fsp3) is 0.333. The Morgan fingerprint density at radius 2 is 1.93 bits per heavy atom. The van der Waals surface area contributed by atoms with E-state index in [0.29, 0.717) is 0 Å². The van der Waals surface area contributed by atoms with Crippen LogP contribution in [0.3, 0.4) is 0 Å². The van der Waals surface area contributed by atoms with Crippen LogP contribution in [-0.4, -0.2) is 6.17 Å². The monoisotopic (exact) mass is 230 g/mol. The van der Waals surface area contributed by atoms with E-state index in [2.05, 4.69) is 0 Å². The zero-order valence-corrected chi connectivity index (χ0v) is 8.62. The van der Waals surface area contributed by atoms with Crippen LogP contribution in [0.5, 0.6) is 0 Å². The van der Waals surface area contributed by atoms with Crippen molar-refractivity contribution in [1.82, 2.24) is 0 Å². The standard InChI is InChI=1S/C9H6F3N2P/c10-6-4(1-2-13)9(15)8(12)5(3-14)7(6)11/h5,8H,1,15H2. The number of alkyl halides is 1. The summed E-state index contributed by atoms with van der Waals surface area (Å²) in [6.07, 6.45) is -2.33. The fourth-order valence-electron chi connectivity index (χ4n) is 1.26. The second-order valence-corrected chi connectivity index (χ2v) is 3.56. The van der Waals surface area contributed by atoms with E-state index in [1.54, 1.807) is 6.07 Å². The Kier molecular flexibility index (Phi) is 3.50. The topological polar surface area (TPSA) is 47.6 Å². The van der Waals surface area contributed by atoms with E-state index < -0.39 is 30.2 Å². The van der Waals surface area contributed by atoms with E-state index in [-0.39, 0.29) is 10.9 Å². The summed E-state index contributed by atoms with van der Waals surface area (Å²) in [5, 5.41) is 16.6. The SMILES string of the molecule is N#CCC1=C(P)C(F)C(C#N)C(F)=C1F. The van der Waals surface area contributed by atoms with Crippen LogP contribution in [-0.2, 0) is 0 Å².